The Kier molecular flexibility index (Phi) is 7.16. The molecule has 0 aliphatic carbocycles. The lowest BCUT2D eigenvalue weighted by Gasteiger charge is -2.11. The van der Waals surface area contributed by atoms with Crippen LogP contribution in [0, 0.1) is 0 Å². The number of rotatable bonds is 8. The average Bonchev–Trinajstić information content (AvgIpc) is 2.35. The minimum Gasteiger partial charge on any atom is -0.476 e. The minimum absolute atomic E-state index is 0.399. The van der Waals surface area contributed by atoms with Crippen LogP contribution in [-0.2, 0) is 4.74 Å². The lowest BCUT2D eigenvalue weighted by atomic mass is 10.4. The van der Waals surface area contributed by atoms with Crippen LogP contribution in [0.5, 0.6) is 5.88 Å². The van der Waals surface area contributed by atoms with Crippen molar-refractivity contribution in [2.75, 3.05) is 32.2 Å². The SMILES string of the molecule is CCCNc1nc(OCCCOC)c(Cl)cc1Cl. The summed E-state index contributed by atoms with van der Waals surface area (Å²) in [6, 6.07) is 1.64. The molecule has 0 bridgehead atoms. The molecule has 0 unspecified atom stereocenters. The van der Waals surface area contributed by atoms with Gasteiger partial charge in [0.2, 0.25) is 5.88 Å². The quantitative estimate of drug-likeness (QED) is 0.743. The number of ether oxygens (including phenoxy) is 2. The summed E-state index contributed by atoms with van der Waals surface area (Å²) in [7, 11) is 1.65. The van der Waals surface area contributed by atoms with E-state index in [-0.39, 0.29) is 0 Å². The molecule has 18 heavy (non-hydrogen) atoms. The van der Waals surface area contributed by atoms with Crippen LogP contribution >= 0.6 is 23.2 Å². The van der Waals surface area contributed by atoms with Gasteiger partial charge in [0.05, 0.1) is 11.6 Å². The van der Waals surface area contributed by atoms with E-state index in [1.807, 2.05) is 0 Å². The summed E-state index contributed by atoms with van der Waals surface area (Å²) >= 11 is 12.1. The summed E-state index contributed by atoms with van der Waals surface area (Å²) < 4.78 is 10.4. The fraction of sp³-hybridized carbons (Fsp3) is 0.583. The Balaban J connectivity index is 2.65. The maximum absolute atomic E-state index is 6.04. The van der Waals surface area contributed by atoms with Gasteiger partial charge in [0.1, 0.15) is 10.8 Å². The fourth-order valence-corrected chi connectivity index (χ4v) is 1.77. The van der Waals surface area contributed by atoms with E-state index in [0.29, 0.717) is 35.0 Å². The third-order valence-electron chi connectivity index (χ3n) is 2.17. The Morgan fingerprint density at radius 1 is 1.28 bits per heavy atom. The summed E-state index contributed by atoms with van der Waals surface area (Å²) in [4.78, 5) is 4.27. The van der Waals surface area contributed by atoms with Gasteiger partial charge in [-0.25, -0.2) is 0 Å². The van der Waals surface area contributed by atoms with Gasteiger partial charge < -0.3 is 14.8 Å². The standard InChI is InChI=1S/C12H18Cl2N2O2/c1-3-5-15-11-9(13)8-10(14)12(16-11)18-7-4-6-17-2/h8H,3-7H2,1-2H3,(H,15,16). The van der Waals surface area contributed by atoms with Crippen molar-refractivity contribution >= 4 is 29.0 Å². The first kappa shape index (κ1) is 15.3. The minimum atomic E-state index is 0.399. The van der Waals surface area contributed by atoms with Crippen molar-refractivity contribution in [3.8, 4) is 5.88 Å². The number of anilines is 1. The van der Waals surface area contributed by atoms with E-state index >= 15 is 0 Å². The highest BCUT2D eigenvalue weighted by atomic mass is 35.5. The molecule has 0 aliphatic rings. The van der Waals surface area contributed by atoms with E-state index in [9.17, 15) is 0 Å². The number of nitrogens with one attached hydrogen (secondary N) is 1. The molecule has 4 nitrogen and oxygen atoms in total. The molecule has 0 radical (unpaired) electrons. The maximum atomic E-state index is 6.04. The zero-order valence-electron chi connectivity index (χ0n) is 10.6. The van der Waals surface area contributed by atoms with Crippen molar-refractivity contribution in [3.05, 3.63) is 16.1 Å². The Morgan fingerprint density at radius 2 is 2.06 bits per heavy atom. The predicted octanol–water partition coefficient (Wildman–Crippen LogP) is 3.63. The van der Waals surface area contributed by atoms with Crippen LogP contribution in [0.25, 0.3) is 0 Å². The topological polar surface area (TPSA) is 43.4 Å². The summed E-state index contributed by atoms with van der Waals surface area (Å²) in [6.45, 7) is 4.03. The van der Waals surface area contributed by atoms with Crippen molar-refractivity contribution in [2.45, 2.75) is 19.8 Å². The molecule has 0 fully saturated rings. The lowest BCUT2D eigenvalue weighted by molar-refractivity contribution is 0.170. The molecule has 1 aromatic heterocycles. The second-order valence-electron chi connectivity index (χ2n) is 3.73. The molecular formula is C12H18Cl2N2O2. The molecule has 1 rings (SSSR count). The van der Waals surface area contributed by atoms with Crippen molar-refractivity contribution in [1.29, 1.82) is 0 Å². The summed E-state index contributed by atoms with van der Waals surface area (Å²) in [5.74, 6) is 1.00. The first-order valence-corrected chi connectivity index (χ1v) is 6.66. The van der Waals surface area contributed by atoms with Crippen LogP contribution in [0.15, 0.2) is 6.07 Å². The highest BCUT2D eigenvalue weighted by Crippen LogP contribution is 2.30. The van der Waals surface area contributed by atoms with Gasteiger partial charge in [-0.15, -0.1) is 0 Å². The molecule has 0 spiro atoms. The summed E-state index contributed by atoms with van der Waals surface area (Å²) in [6.07, 6.45) is 1.78. The van der Waals surface area contributed by atoms with E-state index in [1.54, 1.807) is 13.2 Å². The first-order valence-electron chi connectivity index (χ1n) is 5.90. The van der Waals surface area contributed by atoms with Crippen molar-refractivity contribution < 1.29 is 9.47 Å². The van der Waals surface area contributed by atoms with Crippen LogP contribution in [0.4, 0.5) is 5.82 Å². The maximum Gasteiger partial charge on any atom is 0.234 e. The van der Waals surface area contributed by atoms with Crippen LogP contribution < -0.4 is 10.1 Å². The largest absolute Gasteiger partial charge is 0.476 e. The van der Waals surface area contributed by atoms with Gasteiger partial charge in [-0.05, 0) is 12.5 Å². The Hall–Kier alpha value is -0.710. The first-order chi connectivity index (χ1) is 8.69. The van der Waals surface area contributed by atoms with Crippen molar-refractivity contribution in [2.24, 2.45) is 0 Å². The molecule has 6 heteroatoms. The molecule has 1 N–H and O–H groups in total. The molecule has 0 amide bonds. The normalized spacial score (nSPS) is 10.4. The second kappa shape index (κ2) is 8.40. The third kappa shape index (κ3) is 4.88. The van der Waals surface area contributed by atoms with E-state index in [0.717, 1.165) is 19.4 Å². The van der Waals surface area contributed by atoms with Gasteiger partial charge in [-0.1, -0.05) is 30.1 Å². The average molecular weight is 293 g/mol. The van der Waals surface area contributed by atoms with Crippen molar-refractivity contribution in [3.63, 3.8) is 0 Å². The van der Waals surface area contributed by atoms with Gasteiger partial charge in [0.15, 0.2) is 0 Å². The second-order valence-corrected chi connectivity index (χ2v) is 4.54. The molecule has 0 saturated carbocycles. The van der Waals surface area contributed by atoms with Crippen molar-refractivity contribution in [1.82, 2.24) is 4.98 Å². The monoisotopic (exact) mass is 292 g/mol. The van der Waals surface area contributed by atoms with E-state index in [2.05, 4.69) is 17.2 Å². The van der Waals surface area contributed by atoms with E-state index in [4.69, 9.17) is 32.7 Å². The molecular weight excluding hydrogens is 275 g/mol. The zero-order valence-corrected chi connectivity index (χ0v) is 12.1. The summed E-state index contributed by atoms with van der Waals surface area (Å²) in [5, 5.41) is 4.04. The molecule has 0 aromatic carbocycles. The smallest absolute Gasteiger partial charge is 0.234 e. The number of hydrogen-bond acceptors (Lipinski definition) is 4. The Morgan fingerprint density at radius 3 is 2.72 bits per heavy atom. The van der Waals surface area contributed by atoms with Crippen LogP contribution in [0.3, 0.4) is 0 Å². The Labute approximate surface area is 118 Å². The zero-order chi connectivity index (χ0) is 13.4. The number of methoxy groups -OCH3 is 1. The number of pyridine rings is 1. The molecule has 0 aliphatic heterocycles. The van der Waals surface area contributed by atoms with Crippen LogP contribution in [-0.4, -0.2) is 31.9 Å². The molecule has 0 saturated heterocycles. The van der Waals surface area contributed by atoms with Crippen LogP contribution in [0.2, 0.25) is 10.0 Å². The number of hydrogen-bond donors (Lipinski definition) is 1. The van der Waals surface area contributed by atoms with Crippen LogP contribution in [0.1, 0.15) is 19.8 Å². The van der Waals surface area contributed by atoms with Gasteiger partial charge in [0.25, 0.3) is 0 Å². The molecule has 1 aromatic rings. The number of aromatic nitrogens is 1. The highest BCUT2D eigenvalue weighted by molar-refractivity contribution is 6.36. The highest BCUT2D eigenvalue weighted by Gasteiger charge is 2.10. The van der Waals surface area contributed by atoms with Gasteiger partial charge in [-0.2, -0.15) is 4.98 Å². The molecule has 1 heterocycles. The lowest BCUT2D eigenvalue weighted by Crippen LogP contribution is -2.06. The molecule has 102 valence electrons. The Bertz CT molecular complexity index is 375. The van der Waals surface area contributed by atoms with E-state index < -0.39 is 0 Å². The van der Waals surface area contributed by atoms with E-state index in [1.165, 1.54) is 0 Å². The fourth-order valence-electron chi connectivity index (χ4n) is 1.29. The summed E-state index contributed by atoms with van der Waals surface area (Å²) in [5.41, 5.74) is 0. The number of nitrogens with zero attached hydrogens (tertiary/aromatic N) is 1. The third-order valence-corrected chi connectivity index (χ3v) is 2.73. The number of halogens is 2. The van der Waals surface area contributed by atoms with Gasteiger partial charge in [-0.3, -0.25) is 0 Å². The molecule has 0 atom stereocenters. The predicted molar refractivity (Wildman–Crippen MR) is 75.0 cm³/mol. The van der Waals surface area contributed by atoms with Gasteiger partial charge in [0, 0.05) is 26.7 Å². The van der Waals surface area contributed by atoms with Gasteiger partial charge >= 0.3 is 0 Å².